The van der Waals surface area contributed by atoms with Crippen molar-refractivity contribution in [1.82, 2.24) is 10.4 Å². The van der Waals surface area contributed by atoms with Gasteiger partial charge in [-0.1, -0.05) is 60.7 Å². The van der Waals surface area contributed by atoms with Crippen molar-refractivity contribution in [2.75, 3.05) is 23.0 Å². The molecule has 2 aliphatic heterocycles. The topological polar surface area (TPSA) is 83.6 Å². The average molecular weight is 435 g/mol. The van der Waals surface area contributed by atoms with E-state index in [0.29, 0.717) is 12.8 Å². The van der Waals surface area contributed by atoms with Crippen LogP contribution in [0.25, 0.3) is 0 Å². The lowest BCUT2D eigenvalue weighted by atomic mass is 9.96. The van der Waals surface area contributed by atoms with Crippen molar-refractivity contribution in [2.24, 2.45) is 0 Å². The summed E-state index contributed by atoms with van der Waals surface area (Å²) in [6.45, 7) is 0. The third-order valence-corrected chi connectivity index (χ3v) is 9.19. The minimum atomic E-state index is -3.09. The molecule has 2 atom stereocenters. The molecule has 2 fully saturated rings. The Balaban J connectivity index is 1.74. The van der Waals surface area contributed by atoms with E-state index in [1.54, 1.807) is 0 Å². The second-order valence-corrected chi connectivity index (χ2v) is 12.4. The molecule has 2 heterocycles. The van der Waals surface area contributed by atoms with Gasteiger partial charge >= 0.3 is 0 Å². The summed E-state index contributed by atoms with van der Waals surface area (Å²) in [5.41, 5.74) is 5.51. The van der Waals surface area contributed by atoms with Crippen LogP contribution in [0, 0.1) is 0 Å². The number of sulfone groups is 2. The van der Waals surface area contributed by atoms with Gasteiger partial charge in [0.05, 0.1) is 29.1 Å². The summed E-state index contributed by atoms with van der Waals surface area (Å²) in [4.78, 5) is 0. The Morgan fingerprint density at radius 3 is 1.72 bits per heavy atom. The van der Waals surface area contributed by atoms with Crippen LogP contribution in [0.1, 0.15) is 30.0 Å². The van der Waals surface area contributed by atoms with Crippen molar-refractivity contribution in [3.8, 4) is 0 Å². The van der Waals surface area contributed by atoms with Crippen LogP contribution in [0.4, 0.5) is 0 Å². The van der Waals surface area contributed by atoms with Gasteiger partial charge in [0.25, 0.3) is 0 Å². The molecular weight excluding hydrogens is 408 g/mol. The van der Waals surface area contributed by atoms with E-state index in [0.717, 1.165) is 11.1 Å². The number of rotatable bonds is 6. The van der Waals surface area contributed by atoms with E-state index < -0.39 is 19.7 Å². The first-order valence-corrected chi connectivity index (χ1v) is 13.5. The third-order valence-electron chi connectivity index (χ3n) is 5.67. The minimum absolute atomic E-state index is 0.0790. The van der Waals surface area contributed by atoms with Gasteiger partial charge in [-0.15, -0.1) is 0 Å². The van der Waals surface area contributed by atoms with Crippen LogP contribution < -0.4 is 5.43 Å². The summed E-state index contributed by atoms with van der Waals surface area (Å²) in [7, 11) is -6.14. The fourth-order valence-corrected chi connectivity index (χ4v) is 7.65. The predicted octanol–water partition coefficient (Wildman–Crippen LogP) is 1.96. The van der Waals surface area contributed by atoms with Crippen molar-refractivity contribution >= 4 is 19.7 Å². The van der Waals surface area contributed by atoms with Gasteiger partial charge in [0.2, 0.25) is 0 Å². The van der Waals surface area contributed by atoms with Crippen molar-refractivity contribution in [2.45, 2.75) is 31.0 Å². The molecule has 0 radical (unpaired) electrons. The lowest BCUT2D eigenvalue weighted by Crippen LogP contribution is -2.53. The molecule has 4 rings (SSSR count). The van der Waals surface area contributed by atoms with E-state index in [1.165, 1.54) is 0 Å². The Bertz CT molecular complexity index is 1000. The molecule has 8 heteroatoms. The molecule has 0 bridgehead atoms. The summed E-state index contributed by atoms with van der Waals surface area (Å²) in [5.74, 6) is 0.493. The maximum absolute atomic E-state index is 12.2. The third kappa shape index (κ3) is 4.88. The minimum Gasteiger partial charge on any atom is -0.250 e. The lowest BCUT2D eigenvalue weighted by Gasteiger charge is -2.38. The highest BCUT2D eigenvalue weighted by Crippen LogP contribution is 2.33. The highest BCUT2D eigenvalue weighted by molar-refractivity contribution is 7.91. The molecule has 2 aromatic rings. The Labute approximate surface area is 172 Å². The van der Waals surface area contributed by atoms with E-state index in [-0.39, 0.29) is 41.1 Å². The molecule has 1 N–H and O–H groups in total. The molecule has 2 aliphatic rings. The summed E-state index contributed by atoms with van der Waals surface area (Å²) in [6.07, 6.45) is 1.07. The standard InChI is InChI=1S/C21H26N2O4S2/c24-28(25)13-11-19(15-28)22-23(20-12-14-29(26,27)16-20)21(17-7-3-1-4-8-17)18-9-5-2-6-10-18/h1-10,19-22H,11-16H2/t19-,20-/m1/s1. The first-order valence-electron chi connectivity index (χ1n) is 9.88. The SMILES string of the molecule is O=S1(=O)CC[C@@H](NN(C(c2ccccc2)c2ccccc2)[C@@H]2CCS(=O)(=O)C2)C1. The van der Waals surface area contributed by atoms with Crippen LogP contribution in [0.2, 0.25) is 0 Å². The van der Waals surface area contributed by atoms with Gasteiger partial charge in [0.1, 0.15) is 0 Å². The number of hydrogen-bond donors (Lipinski definition) is 1. The molecule has 2 saturated heterocycles. The number of benzene rings is 2. The summed E-state index contributed by atoms with van der Waals surface area (Å²) >= 11 is 0. The molecule has 2 aromatic carbocycles. The number of hydrazine groups is 1. The highest BCUT2D eigenvalue weighted by atomic mass is 32.2. The zero-order valence-corrected chi connectivity index (χ0v) is 17.8. The highest BCUT2D eigenvalue weighted by Gasteiger charge is 2.39. The van der Waals surface area contributed by atoms with Crippen molar-refractivity contribution in [3.05, 3.63) is 71.8 Å². The first-order chi connectivity index (χ1) is 13.8. The fraction of sp³-hybridized carbons (Fsp3) is 0.429. The molecule has 6 nitrogen and oxygen atoms in total. The molecule has 29 heavy (non-hydrogen) atoms. The summed E-state index contributed by atoms with van der Waals surface area (Å²) < 4.78 is 48.5. The fourth-order valence-electron chi connectivity index (χ4n) is 4.28. The maximum Gasteiger partial charge on any atom is 0.151 e. The normalized spacial score (nSPS) is 25.6. The lowest BCUT2D eigenvalue weighted by molar-refractivity contribution is 0.0809. The largest absolute Gasteiger partial charge is 0.250 e. The molecular formula is C21H26N2O4S2. The second kappa shape index (κ2) is 8.18. The van der Waals surface area contributed by atoms with Gasteiger partial charge in [-0.2, -0.15) is 0 Å². The van der Waals surface area contributed by atoms with E-state index >= 15 is 0 Å². The molecule has 0 amide bonds. The molecule has 0 unspecified atom stereocenters. The van der Waals surface area contributed by atoms with E-state index in [4.69, 9.17) is 0 Å². The average Bonchev–Trinajstić information content (AvgIpc) is 3.23. The number of hydrogen-bond acceptors (Lipinski definition) is 6. The van der Waals surface area contributed by atoms with Gasteiger partial charge < -0.3 is 0 Å². The molecule has 0 spiro atoms. The first kappa shape index (κ1) is 20.5. The smallest absolute Gasteiger partial charge is 0.151 e. The van der Waals surface area contributed by atoms with Crippen molar-refractivity contribution in [3.63, 3.8) is 0 Å². The summed E-state index contributed by atoms with van der Waals surface area (Å²) in [6, 6.07) is 19.3. The number of nitrogens with zero attached hydrogens (tertiary/aromatic N) is 1. The van der Waals surface area contributed by atoms with Crippen LogP contribution in [-0.2, 0) is 19.7 Å². The van der Waals surface area contributed by atoms with Crippen LogP contribution in [-0.4, -0.2) is 56.9 Å². The monoisotopic (exact) mass is 434 g/mol. The molecule has 0 aromatic heterocycles. The Morgan fingerprint density at radius 2 is 1.28 bits per heavy atom. The summed E-state index contributed by atoms with van der Waals surface area (Å²) in [5, 5.41) is 2.01. The predicted molar refractivity (Wildman–Crippen MR) is 114 cm³/mol. The number of nitrogens with one attached hydrogen (secondary N) is 1. The zero-order valence-electron chi connectivity index (χ0n) is 16.1. The Morgan fingerprint density at radius 1 is 0.759 bits per heavy atom. The maximum atomic E-state index is 12.2. The van der Waals surface area contributed by atoms with Crippen molar-refractivity contribution in [1.29, 1.82) is 0 Å². The van der Waals surface area contributed by atoms with Gasteiger partial charge in [0, 0.05) is 12.1 Å². The van der Waals surface area contributed by atoms with Gasteiger partial charge in [-0.3, -0.25) is 0 Å². The van der Waals surface area contributed by atoms with Crippen LogP contribution in [0.3, 0.4) is 0 Å². The molecule has 0 aliphatic carbocycles. The van der Waals surface area contributed by atoms with Crippen LogP contribution in [0.5, 0.6) is 0 Å². The van der Waals surface area contributed by atoms with Gasteiger partial charge in [0.15, 0.2) is 19.7 Å². The van der Waals surface area contributed by atoms with E-state index in [9.17, 15) is 16.8 Å². The van der Waals surface area contributed by atoms with Crippen LogP contribution in [0.15, 0.2) is 60.7 Å². The van der Waals surface area contributed by atoms with Crippen LogP contribution >= 0.6 is 0 Å². The second-order valence-electron chi connectivity index (χ2n) is 7.92. The quantitative estimate of drug-likeness (QED) is 0.700. The van der Waals surface area contributed by atoms with Crippen molar-refractivity contribution < 1.29 is 16.8 Å². The zero-order chi connectivity index (χ0) is 20.5. The molecule has 156 valence electrons. The Hall–Kier alpha value is -1.74. The van der Waals surface area contributed by atoms with E-state index in [2.05, 4.69) is 5.43 Å². The molecule has 0 saturated carbocycles. The Kier molecular flexibility index (Phi) is 5.79. The van der Waals surface area contributed by atoms with E-state index in [1.807, 2.05) is 65.7 Å². The van der Waals surface area contributed by atoms with Gasteiger partial charge in [-0.05, 0) is 24.0 Å². The van der Waals surface area contributed by atoms with Gasteiger partial charge in [-0.25, -0.2) is 27.3 Å².